The zero-order chi connectivity index (χ0) is 32.5. The minimum atomic E-state index is -0.821. The first-order valence-corrected chi connectivity index (χ1v) is 16.2. The fraction of sp³-hybridized carbons (Fsp3) is 0.270. The molecule has 3 aromatic carbocycles. The van der Waals surface area contributed by atoms with Crippen molar-refractivity contribution >= 4 is 34.3 Å². The molecule has 1 aliphatic rings. The van der Waals surface area contributed by atoms with E-state index in [0.717, 1.165) is 22.2 Å². The highest BCUT2D eigenvalue weighted by molar-refractivity contribution is 7.07. The van der Waals surface area contributed by atoms with Gasteiger partial charge in [0, 0.05) is 34.3 Å². The number of aromatic nitrogens is 2. The second-order valence-corrected chi connectivity index (χ2v) is 12.2. The third-order valence-electron chi connectivity index (χ3n) is 8.31. The van der Waals surface area contributed by atoms with E-state index in [-0.39, 0.29) is 12.2 Å². The smallest absolute Gasteiger partial charge is 0.338 e. The first-order chi connectivity index (χ1) is 22.3. The Morgan fingerprint density at radius 1 is 1.00 bits per heavy atom. The largest absolute Gasteiger partial charge is 0.493 e. The van der Waals surface area contributed by atoms with Crippen LogP contribution in [0.2, 0.25) is 0 Å². The highest BCUT2D eigenvalue weighted by Crippen LogP contribution is 2.41. The number of hydrogen-bond acceptors (Lipinski definition) is 7. The summed E-state index contributed by atoms with van der Waals surface area (Å²) in [6, 6.07) is 21.4. The van der Waals surface area contributed by atoms with Gasteiger partial charge < -0.3 is 18.8 Å². The highest BCUT2D eigenvalue weighted by atomic mass is 32.1. The number of ether oxygens (including phenoxy) is 3. The number of rotatable bonds is 9. The van der Waals surface area contributed by atoms with Crippen molar-refractivity contribution in [1.29, 1.82) is 0 Å². The molecule has 46 heavy (non-hydrogen) atoms. The molecule has 0 aliphatic carbocycles. The molecule has 0 radical (unpaired) electrons. The second kappa shape index (κ2) is 12.8. The zero-order valence-electron chi connectivity index (χ0n) is 26.9. The number of hydrogen-bond donors (Lipinski definition) is 0. The van der Waals surface area contributed by atoms with E-state index in [1.165, 1.54) is 22.5 Å². The molecule has 0 spiro atoms. The molecule has 3 heterocycles. The van der Waals surface area contributed by atoms with Crippen LogP contribution < -0.4 is 24.4 Å². The van der Waals surface area contributed by atoms with Crippen LogP contribution in [-0.2, 0) is 16.1 Å². The Balaban J connectivity index is 1.58. The van der Waals surface area contributed by atoms with Gasteiger partial charge in [-0.3, -0.25) is 9.36 Å². The minimum Gasteiger partial charge on any atom is -0.493 e. The highest BCUT2D eigenvalue weighted by Gasteiger charge is 2.36. The minimum absolute atomic E-state index is 0.190. The third kappa shape index (κ3) is 5.45. The lowest BCUT2D eigenvalue weighted by molar-refractivity contribution is -0.139. The zero-order valence-corrected chi connectivity index (χ0v) is 27.7. The Hall–Kier alpha value is -4.89. The summed E-state index contributed by atoms with van der Waals surface area (Å²) in [7, 11) is 1.57. The predicted octanol–water partition coefficient (Wildman–Crippen LogP) is 5.83. The van der Waals surface area contributed by atoms with E-state index >= 15 is 0 Å². The molecule has 0 amide bonds. The average molecular weight is 636 g/mol. The van der Waals surface area contributed by atoms with Crippen LogP contribution in [0.4, 0.5) is 0 Å². The van der Waals surface area contributed by atoms with Gasteiger partial charge in [-0.05, 0) is 58.4 Å². The quantitative estimate of drug-likeness (QED) is 0.191. The van der Waals surface area contributed by atoms with Crippen molar-refractivity contribution in [3.63, 3.8) is 0 Å². The lowest BCUT2D eigenvalue weighted by Gasteiger charge is -2.26. The van der Waals surface area contributed by atoms with Crippen molar-refractivity contribution in [1.82, 2.24) is 9.13 Å². The molecule has 6 rings (SSSR count). The maximum absolute atomic E-state index is 14.5. The number of para-hydroxylation sites is 2. The molecule has 9 heteroatoms. The molecule has 0 saturated carbocycles. The van der Waals surface area contributed by atoms with Gasteiger partial charge in [-0.15, -0.1) is 0 Å². The van der Waals surface area contributed by atoms with Crippen LogP contribution in [0, 0.1) is 13.8 Å². The number of carbonyl (C=O) groups is 1. The third-order valence-corrected chi connectivity index (χ3v) is 9.29. The summed E-state index contributed by atoms with van der Waals surface area (Å²) in [6.45, 7) is 10.9. The van der Waals surface area contributed by atoms with Crippen molar-refractivity contribution < 1.29 is 19.0 Å². The van der Waals surface area contributed by atoms with Gasteiger partial charge in [0.1, 0.15) is 6.04 Å². The molecule has 0 bridgehead atoms. The topological polar surface area (TPSA) is 84.1 Å². The molecule has 2 aromatic heterocycles. The maximum atomic E-state index is 14.5. The van der Waals surface area contributed by atoms with Crippen molar-refractivity contribution in [2.45, 2.75) is 47.2 Å². The average Bonchev–Trinajstić information content (AvgIpc) is 3.49. The van der Waals surface area contributed by atoms with Crippen molar-refractivity contribution in [2.24, 2.45) is 4.99 Å². The van der Waals surface area contributed by atoms with Gasteiger partial charge in [0.15, 0.2) is 16.3 Å². The number of aryl methyl sites for hydroxylation is 1. The van der Waals surface area contributed by atoms with E-state index in [1.807, 2.05) is 37.3 Å². The summed E-state index contributed by atoms with van der Waals surface area (Å²) in [4.78, 5) is 33.2. The number of carbonyl (C=O) groups excluding carboxylic acids is 1. The second-order valence-electron chi connectivity index (χ2n) is 11.2. The fourth-order valence-corrected chi connectivity index (χ4v) is 7.29. The van der Waals surface area contributed by atoms with E-state index in [4.69, 9.17) is 19.2 Å². The number of benzene rings is 3. The van der Waals surface area contributed by atoms with E-state index in [1.54, 1.807) is 31.6 Å². The molecule has 5 aromatic rings. The molecule has 1 aliphatic heterocycles. The number of thiazole rings is 1. The molecule has 8 nitrogen and oxygen atoms in total. The normalized spacial score (nSPS) is 14.7. The Morgan fingerprint density at radius 2 is 1.78 bits per heavy atom. The van der Waals surface area contributed by atoms with Crippen LogP contribution in [-0.4, -0.2) is 35.4 Å². The number of nitrogens with zero attached hydrogens (tertiary/aromatic N) is 3. The van der Waals surface area contributed by atoms with E-state index < -0.39 is 12.0 Å². The first-order valence-electron chi connectivity index (χ1n) is 15.4. The van der Waals surface area contributed by atoms with E-state index in [2.05, 4.69) is 54.8 Å². The maximum Gasteiger partial charge on any atom is 0.338 e. The van der Waals surface area contributed by atoms with Crippen LogP contribution in [0.5, 0.6) is 11.5 Å². The Morgan fingerprint density at radius 3 is 2.52 bits per heavy atom. The summed E-state index contributed by atoms with van der Waals surface area (Å²) in [5.74, 6) is 0.457. The standard InChI is InChI=1S/C37H37N3O5S/c1-7-44-34-27(16-12-18-30(34)43-6)33-32(36(42)45-8-2)23(4)38-37-40(33)35(41)31(46-37)20-28-24(5)39(29-17-10-9-15-26(28)29)21-25-14-11-13-22(3)19-25/h9-20,33H,7-8,21H2,1-6H3/b31-20+/t33-/m1/s1. The summed E-state index contributed by atoms with van der Waals surface area (Å²) < 4.78 is 21.6. The lowest BCUT2D eigenvalue weighted by atomic mass is 9.94. The fourth-order valence-electron chi connectivity index (χ4n) is 6.26. The molecule has 0 unspecified atom stereocenters. The monoisotopic (exact) mass is 635 g/mol. The van der Waals surface area contributed by atoms with Crippen molar-refractivity contribution in [3.8, 4) is 11.5 Å². The van der Waals surface area contributed by atoms with Gasteiger partial charge in [0.2, 0.25) is 0 Å². The van der Waals surface area contributed by atoms with Gasteiger partial charge >= 0.3 is 5.97 Å². The van der Waals surface area contributed by atoms with Gasteiger partial charge in [-0.25, -0.2) is 9.79 Å². The van der Waals surface area contributed by atoms with Gasteiger partial charge in [-0.1, -0.05) is 71.5 Å². The predicted molar refractivity (Wildman–Crippen MR) is 182 cm³/mol. The van der Waals surface area contributed by atoms with Crippen LogP contribution in [0.1, 0.15) is 54.8 Å². The van der Waals surface area contributed by atoms with Gasteiger partial charge in [-0.2, -0.15) is 0 Å². The summed E-state index contributed by atoms with van der Waals surface area (Å²) >= 11 is 1.31. The summed E-state index contributed by atoms with van der Waals surface area (Å²) in [6.07, 6.45) is 1.96. The number of allylic oxidation sites excluding steroid dienone is 1. The van der Waals surface area contributed by atoms with E-state index in [9.17, 15) is 9.59 Å². The Kier molecular flexibility index (Phi) is 8.69. The van der Waals surface area contributed by atoms with Crippen LogP contribution in [0.25, 0.3) is 17.0 Å². The molecule has 0 saturated heterocycles. The molecule has 1 atom stereocenters. The number of methoxy groups -OCH3 is 1. The summed E-state index contributed by atoms with van der Waals surface area (Å²) in [5.41, 5.74) is 6.71. The molecule has 0 N–H and O–H groups in total. The van der Waals surface area contributed by atoms with Gasteiger partial charge in [0.05, 0.1) is 36.1 Å². The van der Waals surface area contributed by atoms with Crippen molar-refractivity contribution in [2.75, 3.05) is 20.3 Å². The SMILES string of the molecule is CCOC(=O)C1=C(C)N=c2s/c(=C/c3c(C)n(Cc4cccc(C)c4)c4ccccc34)c(=O)n2[C@@H]1c1cccc(OC)c1OCC. The summed E-state index contributed by atoms with van der Waals surface area (Å²) in [5, 5.41) is 1.06. The first kappa shape index (κ1) is 31.1. The number of esters is 1. The van der Waals surface area contributed by atoms with E-state index in [0.29, 0.717) is 50.8 Å². The molecular formula is C37H37N3O5S. The Bertz CT molecular complexity index is 2190. The van der Waals surface area contributed by atoms with Crippen LogP contribution in [0.15, 0.2) is 87.8 Å². The number of fused-ring (bicyclic) bond motifs is 2. The molecule has 236 valence electrons. The molecule has 0 fully saturated rings. The Labute approximate surface area is 271 Å². The van der Waals surface area contributed by atoms with Crippen LogP contribution in [0.3, 0.4) is 0 Å². The lowest BCUT2D eigenvalue weighted by Crippen LogP contribution is -2.40. The molecular weight excluding hydrogens is 598 g/mol. The van der Waals surface area contributed by atoms with Crippen LogP contribution >= 0.6 is 11.3 Å². The van der Waals surface area contributed by atoms with Gasteiger partial charge in [0.25, 0.3) is 5.56 Å². The van der Waals surface area contributed by atoms with Crippen molar-refractivity contribution in [3.05, 3.63) is 126 Å².